The average Bonchev–Trinajstić information content (AvgIpc) is 2.53. The lowest BCUT2D eigenvalue weighted by Crippen LogP contribution is -2.40. The quantitative estimate of drug-likeness (QED) is 0.899. The lowest BCUT2D eigenvalue weighted by Gasteiger charge is -2.25. The van der Waals surface area contributed by atoms with Gasteiger partial charge in [0.15, 0.2) is 0 Å². The summed E-state index contributed by atoms with van der Waals surface area (Å²) in [6.45, 7) is 1.50. The van der Waals surface area contributed by atoms with E-state index in [2.05, 4.69) is 5.32 Å². The van der Waals surface area contributed by atoms with Gasteiger partial charge in [-0.1, -0.05) is 29.8 Å². The van der Waals surface area contributed by atoms with E-state index in [9.17, 15) is 13.2 Å². The molecule has 0 atom stereocenters. The summed E-state index contributed by atoms with van der Waals surface area (Å²) in [5.74, 6) is -0.397. The van der Waals surface area contributed by atoms with Gasteiger partial charge in [0.05, 0.1) is 10.6 Å². The molecule has 0 aliphatic carbocycles. The van der Waals surface area contributed by atoms with E-state index in [4.69, 9.17) is 11.6 Å². The molecular weight excluding hydrogens is 336 g/mol. The second-order valence-electron chi connectivity index (χ2n) is 4.93. The van der Waals surface area contributed by atoms with Crippen LogP contribution in [-0.2, 0) is 14.8 Å². The second-order valence-corrected chi connectivity index (χ2v) is 7.22. The van der Waals surface area contributed by atoms with Crippen LogP contribution in [0.15, 0.2) is 53.4 Å². The number of rotatable bonds is 5. The first kappa shape index (κ1) is 17.3. The van der Waals surface area contributed by atoms with Crippen LogP contribution < -0.4 is 9.62 Å². The van der Waals surface area contributed by atoms with E-state index in [0.29, 0.717) is 10.7 Å². The predicted molar refractivity (Wildman–Crippen MR) is 91.2 cm³/mol. The minimum Gasteiger partial charge on any atom is -0.358 e. The molecule has 0 radical (unpaired) electrons. The van der Waals surface area contributed by atoms with Crippen LogP contribution >= 0.6 is 11.6 Å². The van der Waals surface area contributed by atoms with Gasteiger partial charge >= 0.3 is 0 Å². The van der Waals surface area contributed by atoms with Gasteiger partial charge in [0.25, 0.3) is 10.0 Å². The Labute approximate surface area is 140 Å². The standard InChI is InChI=1S/C16H17ClN2O3S/c1-12-5-3-4-6-15(12)19(11-16(20)18-2)23(21,22)14-9-7-13(17)8-10-14/h3-10H,11H2,1-2H3,(H,18,20). The molecular formula is C16H17ClN2O3S. The number of aryl methyl sites for hydroxylation is 1. The van der Waals surface area contributed by atoms with Gasteiger partial charge in [-0.2, -0.15) is 0 Å². The first-order valence-electron chi connectivity index (χ1n) is 6.91. The van der Waals surface area contributed by atoms with Gasteiger partial charge in [-0.15, -0.1) is 0 Å². The van der Waals surface area contributed by atoms with Gasteiger partial charge in [-0.3, -0.25) is 9.10 Å². The molecule has 7 heteroatoms. The zero-order valence-electron chi connectivity index (χ0n) is 12.8. The number of carbonyl (C=O) groups is 1. The number of halogens is 1. The molecule has 0 unspecified atom stereocenters. The molecule has 0 saturated carbocycles. The summed E-state index contributed by atoms with van der Waals surface area (Å²) in [7, 11) is -2.42. The molecule has 2 aromatic carbocycles. The zero-order valence-corrected chi connectivity index (χ0v) is 14.4. The van der Waals surface area contributed by atoms with E-state index < -0.39 is 15.9 Å². The fraction of sp³-hybridized carbons (Fsp3) is 0.188. The van der Waals surface area contributed by atoms with E-state index in [-0.39, 0.29) is 11.4 Å². The molecule has 0 fully saturated rings. The molecule has 5 nitrogen and oxygen atoms in total. The highest BCUT2D eigenvalue weighted by Crippen LogP contribution is 2.27. The molecule has 0 bridgehead atoms. The van der Waals surface area contributed by atoms with Crippen LogP contribution in [0, 0.1) is 6.92 Å². The van der Waals surface area contributed by atoms with Crippen molar-refractivity contribution >= 4 is 33.2 Å². The highest BCUT2D eigenvalue weighted by Gasteiger charge is 2.27. The van der Waals surface area contributed by atoms with Crippen molar-refractivity contribution in [1.29, 1.82) is 0 Å². The third-order valence-corrected chi connectivity index (χ3v) is 5.38. The van der Waals surface area contributed by atoms with Gasteiger partial charge in [0, 0.05) is 12.1 Å². The average molecular weight is 353 g/mol. The van der Waals surface area contributed by atoms with Gasteiger partial charge < -0.3 is 5.32 Å². The molecule has 0 spiro atoms. The van der Waals surface area contributed by atoms with Crippen LogP contribution in [0.1, 0.15) is 5.56 Å². The number of hydrogen-bond acceptors (Lipinski definition) is 3. The number of hydrogen-bond donors (Lipinski definition) is 1. The van der Waals surface area contributed by atoms with Crippen LogP contribution in [0.25, 0.3) is 0 Å². The van der Waals surface area contributed by atoms with Gasteiger partial charge in [0.1, 0.15) is 6.54 Å². The third-order valence-electron chi connectivity index (χ3n) is 3.35. The Morgan fingerprint density at radius 3 is 2.30 bits per heavy atom. The van der Waals surface area contributed by atoms with Gasteiger partial charge in [0.2, 0.25) is 5.91 Å². The summed E-state index contributed by atoms with van der Waals surface area (Å²) in [6, 6.07) is 12.9. The number of amides is 1. The molecule has 0 saturated heterocycles. The maximum absolute atomic E-state index is 13.0. The maximum Gasteiger partial charge on any atom is 0.264 e. The number of carbonyl (C=O) groups excluding carboxylic acids is 1. The summed E-state index contributed by atoms with van der Waals surface area (Å²) >= 11 is 5.82. The topological polar surface area (TPSA) is 66.5 Å². The van der Waals surface area contributed by atoms with Crippen LogP contribution in [0.3, 0.4) is 0 Å². The molecule has 2 aromatic rings. The van der Waals surface area contributed by atoms with E-state index in [1.165, 1.54) is 31.3 Å². The molecule has 23 heavy (non-hydrogen) atoms. The van der Waals surface area contributed by atoms with Crippen LogP contribution in [-0.4, -0.2) is 27.9 Å². The fourth-order valence-corrected chi connectivity index (χ4v) is 3.70. The minimum atomic E-state index is -3.88. The van der Waals surface area contributed by atoms with Gasteiger partial charge in [-0.25, -0.2) is 8.42 Å². The normalized spacial score (nSPS) is 11.1. The summed E-state index contributed by atoms with van der Waals surface area (Å²) < 4.78 is 27.0. The lowest BCUT2D eigenvalue weighted by molar-refractivity contribution is -0.119. The Morgan fingerprint density at radius 1 is 1.13 bits per heavy atom. The van der Waals surface area contributed by atoms with Crippen LogP contribution in [0.5, 0.6) is 0 Å². The van der Waals surface area contributed by atoms with E-state index >= 15 is 0 Å². The van der Waals surface area contributed by atoms with Crippen molar-refractivity contribution in [1.82, 2.24) is 5.32 Å². The minimum absolute atomic E-state index is 0.0778. The fourth-order valence-electron chi connectivity index (χ4n) is 2.09. The van der Waals surface area contributed by atoms with Crippen molar-refractivity contribution in [3.8, 4) is 0 Å². The summed E-state index contributed by atoms with van der Waals surface area (Å²) in [5, 5.41) is 2.89. The summed E-state index contributed by atoms with van der Waals surface area (Å²) in [6.07, 6.45) is 0. The first-order valence-corrected chi connectivity index (χ1v) is 8.72. The zero-order chi connectivity index (χ0) is 17.0. The van der Waals surface area contributed by atoms with Crippen molar-refractivity contribution in [3.05, 3.63) is 59.1 Å². The highest BCUT2D eigenvalue weighted by molar-refractivity contribution is 7.92. The Bertz CT molecular complexity index is 804. The van der Waals surface area contributed by atoms with E-state index in [1.807, 2.05) is 6.07 Å². The molecule has 0 aliphatic rings. The Hall–Kier alpha value is -2.05. The molecule has 1 amide bonds. The molecule has 0 aromatic heterocycles. The monoisotopic (exact) mass is 352 g/mol. The molecule has 122 valence electrons. The third kappa shape index (κ3) is 3.83. The lowest BCUT2D eigenvalue weighted by atomic mass is 10.2. The number of nitrogens with zero attached hydrogens (tertiary/aromatic N) is 1. The molecule has 1 N–H and O–H groups in total. The van der Waals surface area contributed by atoms with E-state index in [0.717, 1.165) is 9.87 Å². The van der Waals surface area contributed by atoms with Crippen molar-refractivity contribution in [2.75, 3.05) is 17.9 Å². The van der Waals surface area contributed by atoms with Crippen LogP contribution in [0.2, 0.25) is 5.02 Å². The number of para-hydroxylation sites is 1. The number of sulfonamides is 1. The van der Waals surface area contributed by atoms with Crippen molar-refractivity contribution in [2.45, 2.75) is 11.8 Å². The number of likely N-dealkylation sites (N-methyl/N-ethyl adjacent to an activating group) is 1. The highest BCUT2D eigenvalue weighted by atomic mass is 35.5. The predicted octanol–water partition coefficient (Wildman–Crippen LogP) is 2.59. The smallest absolute Gasteiger partial charge is 0.264 e. The number of benzene rings is 2. The Balaban J connectivity index is 2.54. The maximum atomic E-state index is 13.0. The second kappa shape index (κ2) is 7.02. The molecule has 0 heterocycles. The van der Waals surface area contributed by atoms with Crippen molar-refractivity contribution in [3.63, 3.8) is 0 Å². The van der Waals surface area contributed by atoms with Crippen LogP contribution in [0.4, 0.5) is 5.69 Å². The number of nitrogens with one attached hydrogen (secondary N) is 1. The molecule has 2 rings (SSSR count). The number of anilines is 1. The SMILES string of the molecule is CNC(=O)CN(c1ccccc1C)S(=O)(=O)c1ccc(Cl)cc1. The summed E-state index contributed by atoms with van der Waals surface area (Å²) in [5.41, 5.74) is 1.22. The Morgan fingerprint density at radius 2 is 1.74 bits per heavy atom. The Kier molecular flexibility index (Phi) is 5.28. The summed E-state index contributed by atoms with van der Waals surface area (Å²) in [4.78, 5) is 11.9. The largest absolute Gasteiger partial charge is 0.358 e. The van der Waals surface area contributed by atoms with Crippen molar-refractivity contribution in [2.24, 2.45) is 0 Å². The van der Waals surface area contributed by atoms with Gasteiger partial charge in [-0.05, 0) is 42.8 Å². The van der Waals surface area contributed by atoms with Crippen molar-refractivity contribution < 1.29 is 13.2 Å². The molecule has 0 aliphatic heterocycles. The van der Waals surface area contributed by atoms with E-state index in [1.54, 1.807) is 25.1 Å². The first-order chi connectivity index (χ1) is 10.9.